The molecule has 1 heterocycles. The maximum absolute atomic E-state index is 12.4. The number of aromatic nitrogens is 2. The lowest BCUT2D eigenvalue weighted by Gasteiger charge is -2.03. The van der Waals surface area contributed by atoms with Crippen molar-refractivity contribution in [2.45, 2.75) is 17.8 Å². The molecule has 3 aromatic rings. The molecule has 0 aliphatic rings. The first-order chi connectivity index (χ1) is 9.65. The molecule has 5 N–H and O–H groups in total. The quantitative estimate of drug-likeness (QED) is 0.722. The highest BCUT2D eigenvalue weighted by molar-refractivity contribution is 7.84. The van der Waals surface area contributed by atoms with Crippen LogP contribution >= 0.6 is 0 Å². The number of nitrogen functional groups attached to an aromatic ring is 1. The van der Waals surface area contributed by atoms with Crippen LogP contribution in [0, 0.1) is 6.92 Å². The van der Waals surface area contributed by atoms with E-state index in [1.165, 1.54) is 0 Å². The number of rotatable bonds is 3. The van der Waals surface area contributed by atoms with E-state index in [2.05, 4.69) is 9.97 Å². The standard InChI is InChI=1S/C15H15N3OS.H2O/c1-10-5-4-8-13-14(10)18-15(17-13)20(19)9-11-6-2-3-7-12(11)16;/h2-8H,9,16H2,1H3,(H,17,18);1H2. The van der Waals surface area contributed by atoms with Crippen molar-refractivity contribution < 1.29 is 9.69 Å². The molecule has 5 nitrogen and oxygen atoms in total. The zero-order valence-electron chi connectivity index (χ0n) is 11.6. The lowest BCUT2D eigenvalue weighted by Crippen LogP contribution is -2.01. The Kier molecular flexibility index (Phi) is 4.40. The van der Waals surface area contributed by atoms with Crippen LogP contribution in [0.15, 0.2) is 47.6 Å². The molecule has 1 unspecified atom stereocenters. The molecule has 2 aromatic carbocycles. The van der Waals surface area contributed by atoms with Crippen LogP contribution in [0.5, 0.6) is 0 Å². The number of para-hydroxylation sites is 2. The number of fused-ring (bicyclic) bond motifs is 1. The molecular weight excluding hydrogens is 286 g/mol. The predicted molar refractivity (Wildman–Crippen MR) is 85.4 cm³/mol. The second kappa shape index (κ2) is 6.07. The van der Waals surface area contributed by atoms with E-state index in [9.17, 15) is 4.21 Å². The first-order valence-corrected chi connectivity index (χ1v) is 7.64. The SMILES string of the molecule is Cc1cccc2[nH]c(S(=O)Cc3ccccc3N)nc12.O. The van der Waals surface area contributed by atoms with Crippen LogP contribution in [-0.2, 0) is 16.6 Å². The van der Waals surface area contributed by atoms with Gasteiger partial charge in [-0.05, 0) is 30.2 Å². The molecule has 0 fully saturated rings. The number of imidazole rings is 1. The Morgan fingerprint density at radius 1 is 1.19 bits per heavy atom. The van der Waals surface area contributed by atoms with Crippen molar-refractivity contribution in [3.63, 3.8) is 0 Å². The fourth-order valence-electron chi connectivity index (χ4n) is 2.14. The molecule has 0 bridgehead atoms. The van der Waals surface area contributed by atoms with Gasteiger partial charge in [0.15, 0.2) is 5.16 Å². The molecule has 0 saturated heterocycles. The van der Waals surface area contributed by atoms with Gasteiger partial charge in [0.1, 0.15) is 0 Å². The van der Waals surface area contributed by atoms with Gasteiger partial charge in [-0.2, -0.15) is 0 Å². The summed E-state index contributed by atoms with van der Waals surface area (Å²) in [7, 11) is -1.23. The van der Waals surface area contributed by atoms with Gasteiger partial charge in [-0.15, -0.1) is 0 Å². The number of nitrogens with zero attached hydrogens (tertiary/aromatic N) is 1. The maximum Gasteiger partial charge on any atom is 0.197 e. The molecule has 1 atom stereocenters. The minimum absolute atomic E-state index is 0. The molecule has 21 heavy (non-hydrogen) atoms. The summed E-state index contributed by atoms with van der Waals surface area (Å²) >= 11 is 0. The number of aromatic amines is 1. The van der Waals surface area contributed by atoms with Crippen molar-refractivity contribution in [1.82, 2.24) is 9.97 Å². The van der Waals surface area contributed by atoms with Gasteiger partial charge < -0.3 is 16.2 Å². The first-order valence-electron chi connectivity index (χ1n) is 6.32. The Hall–Kier alpha value is -2.18. The third-order valence-corrected chi connectivity index (χ3v) is 4.45. The van der Waals surface area contributed by atoms with Crippen LogP contribution in [0.2, 0.25) is 0 Å². The number of aryl methyl sites for hydroxylation is 1. The summed E-state index contributed by atoms with van der Waals surface area (Å²) in [6.07, 6.45) is 0. The molecule has 3 rings (SSSR count). The number of H-pyrrole nitrogens is 1. The maximum atomic E-state index is 12.4. The Labute approximate surface area is 125 Å². The third kappa shape index (κ3) is 2.96. The summed E-state index contributed by atoms with van der Waals surface area (Å²) in [5, 5.41) is 0.498. The Morgan fingerprint density at radius 2 is 1.95 bits per heavy atom. The van der Waals surface area contributed by atoms with E-state index in [-0.39, 0.29) is 5.48 Å². The molecule has 0 aliphatic carbocycles. The molecular formula is C15H17N3O2S. The van der Waals surface area contributed by atoms with E-state index >= 15 is 0 Å². The minimum atomic E-state index is -1.23. The number of hydrogen-bond donors (Lipinski definition) is 2. The van der Waals surface area contributed by atoms with Gasteiger partial charge in [0.2, 0.25) is 0 Å². The highest BCUT2D eigenvalue weighted by Gasteiger charge is 2.12. The molecule has 0 spiro atoms. The Morgan fingerprint density at radius 3 is 2.67 bits per heavy atom. The summed E-state index contributed by atoms with van der Waals surface area (Å²) in [4.78, 5) is 7.57. The van der Waals surface area contributed by atoms with Crippen LogP contribution in [0.25, 0.3) is 11.0 Å². The van der Waals surface area contributed by atoms with Gasteiger partial charge in [-0.1, -0.05) is 30.3 Å². The third-order valence-electron chi connectivity index (χ3n) is 3.25. The van der Waals surface area contributed by atoms with Crippen LogP contribution in [0.1, 0.15) is 11.1 Å². The second-order valence-corrected chi connectivity index (χ2v) is 6.07. The Bertz CT molecular complexity index is 798. The second-order valence-electron chi connectivity index (χ2n) is 4.70. The largest absolute Gasteiger partial charge is 0.412 e. The van der Waals surface area contributed by atoms with Crippen molar-refractivity contribution in [2.75, 3.05) is 5.73 Å². The van der Waals surface area contributed by atoms with Crippen molar-refractivity contribution in [3.8, 4) is 0 Å². The monoisotopic (exact) mass is 303 g/mol. The summed E-state index contributed by atoms with van der Waals surface area (Å²) < 4.78 is 12.4. The number of nitrogens with two attached hydrogens (primary N) is 1. The molecule has 0 radical (unpaired) electrons. The molecule has 0 amide bonds. The van der Waals surface area contributed by atoms with Gasteiger partial charge >= 0.3 is 0 Å². The molecule has 110 valence electrons. The van der Waals surface area contributed by atoms with E-state index in [1.54, 1.807) is 0 Å². The zero-order valence-corrected chi connectivity index (χ0v) is 12.4. The van der Waals surface area contributed by atoms with Gasteiger partial charge in [-0.3, -0.25) is 4.21 Å². The highest BCUT2D eigenvalue weighted by atomic mass is 32.2. The number of anilines is 1. The number of nitrogens with one attached hydrogen (secondary N) is 1. The van der Waals surface area contributed by atoms with E-state index < -0.39 is 10.8 Å². The van der Waals surface area contributed by atoms with Crippen molar-refractivity contribution in [3.05, 3.63) is 53.6 Å². The van der Waals surface area contributed by atoms with Crippen LogP contribution in [0.3, 0.4) is 0 Å². The smallest absolute Gasteiger partial charge is 0.197 e. The van der Waals surface area contributed by atoms with E-state index in [4.69, 9.17) is 5.73 Å². The summed E-state index contributed by atoms with van der Waals surface area (Å²) in [5.74, 6) is 0.367. The average Bonchev–Trinajstić information content (AvgIpc) is 2.87. The molecule has 6 heteroatoms. The summed E-state index contributed by atoms with van der Waals surface area (Å²) in [5.41, 5.74) is 10.3. The van der Waals surface area contributed by atoms with Gasteiger partial charge in [0.25, 0.3) is 0 Å². The number of hydrogen-bond acceptors (Lipinski definition) is 3. The van der Waals surface area contributed by atoms with Crippen molar-refractivity contribution >= 4 is 27.5 Å². The lowest BCUT2D eigenvalue weighted by molar-refractivity contribution is 0.677. The van der Waals surface area contributed by atoms with Crippen molar-refractivity contribution in [2.24, 2.45) is 0 Å². The topological polar surface area (TPSA) is 103 Å². The van der Waals surface area contributed by atoms with Gasteiger partial charge in [0, 0.05) is 5.69 Å². The fraction of sp³-hybridized carbons (Fsp3) is 0.133. The fourth-order valence-corrected chi connectivity index (χ4v) is 3.23. The first kappa shape index (κ1) is 15.2. The minimum Gasteiger partial charge on any atom is -0.412 e. The van der Waals surface area contributed by atoms with E-state index in [0.717, 1.165) is 22.2 Å². The predicted octanol–water partition coefficient (Wildman–Crippen LogP) is 1.94. The van der Waals surface area contributed by atoms with Crippen molar-refractivity contribution in [1.29, 1.82) is 0 Å². The highest BCUT2D eigenvalue weighted by Crippen LogP contribution is 2.20. The number of benzene rings is 2. The normalized spacial score (nSPS) is 12.0. The van der Waals surface area contributed by atoms with Crippen LogP contribution in [0.4, 0.5) is 5.69 Å². The summed E-state index contributed by atoms with van der Waals surface area (Å²) in [6, 6.07) is 13.4. The van der Waals surface area contributed by atoms with Gasteiger partial charge in [0.05, 0.1) is 27.6 Å². The molecule has 0 aliphatic heterocycles. The lowest BCUT2D eigenvalue weighted by atomic mass is 10.2. The van der Waals surface area contributed by atoms with Crippen LogP contribution in [-0.4, -0.2) is 19.7 Å². The van der Waals surface area contributed by atoms with Crippen LogP contribution < -0.4 is 5.73 Å². The molecule has 1 aromatic heterocycles. The zero-order chi connectivity index (χ0) is 14.1. The van der Waals surface area contributed by atoms with E-state index in [1.807, 2.05) is 49.4 Å². The average molecular weight is 303 g/mol. The molecule has 0 saturated carbocycles. The van der Waals surface area contributed by atoms with E-state index in [0.29, 0.717) is 16.6 Å². The van der Waals surface area contributed by atoms with Gasteiger partial charge in [-0.25, -0.2) is 4.98 Å². The Balaban J connectivity index is 0.00000161. The summed E-state index contributed by atoms with van der Waals surface area (Å²) in [6.45, 7) is 1.99.